The molecule has 104 valence electrons. The van der Waals surface area contributed by atoms with E-state index < -0.39 is 0 Å². The first-order valence-corrected chi connectivity index (χ1v) is 8.08. The molecule has 0 radical (unpaired) electrons. The summed E-state index contributed by atoms with van der Waals surface area (Å²) >= 11 is 11.0. The van der Waals surface area contributed by atoms with Gasteiger partial charge in [-0.3, -0.25) is 4.79 Å². The highest BCUT2D eigenvalue weighted by molar-refractivity contribution is 9.11. The SMILES string of the molecule is O=C(c1csc(Br)c1)c1cc2c(cc1Cl)OCCCO2. The minimum atomic E-state index is -0.118. The zero-order valence-electron chi connectivity index (χ0n) is 10.3. The second-order valence-electron chi connectivity index (χ2n) is 4.30. The van der Waals surface area contributed by atoms with Crippen LogP contribution in [0.1, 0.15) is 22.3 Å². The number of hydrogen-bond donors (Lipinski definition) is 0. The number of thiophene rings is 1. The van der Waals surface area contributed by atoms with Gasteiger partial charge in [0.05, 0.1) is 22.0 Å². The molecule has 0 fully saturated rings. The van der Waals surface area contributed by atoms with E-state index in [-0.39, 0.29) is 5.78 Å². The first-order chi connectivity index (χ1) is 9.65. The lowest BCUT2D eigenvalue weighted by molar-refractivity contribution is 0.103. The number of rotatable bonds is 2. The summed E-state index contributed by atoms with van der Waals surface area (Å²) in [5, 5.41) is 2.17. The summed E-state index contributed by atoms with van der Waals surface area (Å²) in [6.07, 6.45) is 0.813. The molecule has 0 atom stereocenters. The lowest BCUT2D eigenvalue weighted by Gasteiger charge is -2.10. The van der Waals surface area contributed by atoms with Crippen molar-refractivity contribution >= 4 is 44.7 Å². The lowest BCUT2D eigenvalue weighted by atomic mass is 10.1. The summed E-state index contributed by atoms with van der Waals surface area (Å²) in [6, 6.07) is 5.10. The van der Waals surface area contributed by atoms with E-state index in [1.807, 2.05) is 0 Å². The Morgan fingerprint density at radius 3 is 2.55 bits per heavy atom. The van der Waals surface area contributed by atoms with Crippen LogP contribution in [-0.4, -0.2) is 19.0 Å². The number of ether oxygens (including phenoxy) is 2. The fraction of sp³-hybridized carbons (Fsp3) is 0.214. The molecule has 1 aromatic carbocycles. The second kappa shape index (κ2) is 5.76. The lowest BCUT2D eigenvalue weighted by Crippen LogP contribution is -2.02. The zero-order valence-corrected chi connectivity index (χ0v) is 13.5. The van der Waals surface area contributed by atoms with Crippen molar-refractivity contribution in [3.05, 3.63) is 43.5 Å². The van der Waals surface area contributed by atoms with Crippen molar-refractivity contribution in [2.45, 2.75) is 6.42 Å². The Balaban J connectivity index is 2.01. The molecular formula is C14H10BrClO3S. The summed E-state index contributed by atoms with van der Waals surface area (Å²) < 4.78 is 12.0. The Hall–Kier alpha value is -1.04. The van der Waals surface area contributed by atoms with E-state index in [1.54, 1.807) is 23.6 Å². The van der Waals surface area contributed by atoms with Gasteiger partial charge >= 0.3 is 0 Å². The van der Waals surface area contributed by atoms with Crippen LogP contribution in [-0.2, 0) is 0 Å². The Bertz CT molecular complexity index is 668. The molecule has 2 aromatic rings. The van der Waals surface area contributed by atoms with Crippen molar-refractivity contribution in [2.24, 2.45) is 0 Å². The summed E-state index contributed by atoms with van der Waals surface area (Å²) in [5.74, 6) is 1.05. The van der Waals surface area contributed by atoms with Crippen LogP contribution in [0.25, 0.3) is 0 Å². The molecule has 1 aromatic heterocycles. The Morgan fingerprint density at radius 2 is 1.90 bits per heavy atom. The van der Waals surface area contributed by atoms with Gasteiger partial charge in [-0.15, -0.1) is 11.3 Å². The Labute approximate surface area is 133 Å². The highest BCUT2D eigenvalue weighted by Gasteiger charge is 2.20. The van der Waals surface area contributed by atoms with Crippen molar-refractivity contribution in [1.29, 1.82) is 0 Å². The first-order valence-electron chi connectivity index (χ1n) is 6.03. The van der Waals surface area contributed by atoms with Gasteiger partial charge in [0.1, 0.15) is 0 Å². The van der Waals surface area contributed by atoms with Crippen LogP contribution in [0.5, 0.6) is 11.5 Å². The van der Waals surface area contributed by atoms with Gasteiger partial charge in [0.25, 0.3) is 0 Å². The van der Waals surface area contributed by atoms with Gasteiger partial charge in [-0.25, -0.2) is 0 Å². The van der Waals surface area contributed by atoms with E-state index in [0.29, 0.717) is 40.9 Å². The van der Waals surface area contributed by atoms with Crippen LogP contribution in [0.4, 0.5) is 0 Å². The van der Waals surface area contributed by atoms with Gasteiger partial charge in [-0.1, -0.05) is 11.6 Å². The number of carbonyl (C=O) groups is 1. The predicted molar refractivity (Wildman–Crippen MR) is 82.5 cm³/mol. The molecule has 6 heteroatoms. The maximum atomic E-state index is 12.5. The number of fused-ring (bicyclic) bond motifs is 1. The van der Waals surface area contributed by atoms with E-state index in [0.717, 1.165) is 10.2 Å². The quantitative estimate of drug-likeness (QED) is 0.724. The van der Waals surface area contributed by atoms with Gasteiger partial charge in [0.2, 0.25) is 0 Å². The smallest absolute Gasteiger partial charge is 0.195 e. The van der Waals surface area contributed by atoms with E-state index in [4.69, 9.17) is 21.1 Å². The largest absolute Gasteiger partial charge is 0.490 e. The minimum absolute atomic E-state index is 0.118. The van der Waals surface area contributed by atoms with Crippen LogP contribution in [0.15, 0.2) is 27.4 Å². The molecule has 20 heavy (non-hydrogen) atoms. The van der Waals surface area contributed by atoms with Gasteiger partial charge in [0, 0.05) is 29.0 Å². The van der Waals surface area contributed by atoms with Crippen molar-refractivity contribution in [1.82, 2.24) is 0 Å². The molecule has 1 aliphatic rings. The highest BCUT2D eigenvalue weighted by Crippen LogP contribution is 2.36. The Morgan fingerprint density at radius 1 is 1.20 bits per heavy atom. The molecule has 0 bridgehead atoms. The van der Waals surface area contributed by atoms with Crippen LogP contribution in [0, 0.1) is 0 Å². The number of benzene rings is 1. The van der Waals surface area contributed by atoms with Crippen LogP contribution in [0.3, 0.4) is 0 Å². The van der Waals surface area contributed by atoms with Crippen molar-refractivity contribution in [3.63, 3.8) is 0 Å². The highest BCUT2D eigenvalue weighted by atomic mass is 79.9. The van der Waals surface area contributed by atoms with Crippen LogP contribution < -0.4 is 9.47 Å². The molecule has 0 unspecified atom stereocenters. The standard InChI is InChI=1S/C14H10BrClO3S/c15-13-4-8(7-20-13)14(17)9-5-11-12(6-10(9)16)19-3-1-2-18-11/h4-7H,1-3H2. The van der Waals surface area contributed by atoms with E-state index >= 15 is 0 Å². The average molecular weight is 374 g/mol. The third kappa shape index (κ3) is 2.71. The topological polar surface area (TPSA) is 35.5 Å². The zero-order chi connectivity index (χ0) is 14.1. The monoisotopic (exact) mass is 372 g/mol. The molecule has 0 saturated heterocycles. The minimum Gasteiger partial charge on any atom is -0.490 e. The number of ketones is 1. The van der Waals surface area contributed by atoms with Gasteiger partial charge in [0.15, 0.2) is 17.3 Å². The molecule has 1 aliphatic heterocycles. The maximum absolute atomic E-state index is 12.5. The van der Waals surface area contributed by atoms with Gasteiger partial charge in [-0.2, -0.15) is 0 Å². The van der Waals surface area contributed by atoms with E-state index in [1.165, 1.54) is 11.3 Å². The molecule has 0 saturated carbocycles. The summed E-state index contributed by atoms with van der Waals surface area (Å²) in [5.41, 5.74) is 1.04. The normalized spacial score (nSPS) is 13.9. The van der Waals surface area contributed by atoms with Gasteiger partial charge < -0.3 is 9.47 Å². The molecule has 0 N–H and O–H groups in total. The maximum Gasteiger partial charge on any atom is 0.195 e. The van der Waals surface area contributed by atoms with Crippen molar-refractivity contribution < 1.29 is 14.3 Å². The molecule has 0 spiro atoms. The fourth-order valence-electron chi connectivity index (χ4n) is 1.94. The first kappa shape index (κ1) is 13.9. The molecule has 3 nitrogen and oxygen atoms in total. The van der Waals surface area contributed by atoms with Crippen LogP contribution in [0.2, 0.25) is 5.02 Å². The second-order valence-corrected chi connectivity index (χ2v) is 7.00. The Kier molecular flexibility index (Phi) is 4.01. The van der Waals surface area contributed by atoms with Gasteiger partial charge in [-0.05, 0) is 28.1 Å². The molecule has 2 heterocycles. The molecular weight excluding hydrogens is 364 g/mol. The fourth-order valence-corrected chi connectivity index (χ4v) is 3.32. The van der Waals surface area contributed by atoms with E-state index in [2.05, 4.69) is 15.9 Å². The van der Waals surface area contributed by atoms with Crippen LogP contribution >= 0.6 is 38.9 Å². The summed E-state index contributed by atoms with van der Waals surface area (Å²) in [6.45, 7) is 1.17. The predicted octanol–water partition coefficient (Wildman–Crippen LogP) is 4.56. The van der Waals surface area contributed by atoms with E-state index in [9.17, 15) is 4.79 Å². The number of carbonyl (C=O) groups excluding carboxylic acids is 1. The molecule has 0 aliphatic carbocycles. The molecule has 3 rings (SSSR count). The average Bonchev–Trinajstić information content (AvgIpc) is 2.73. The third-order valence-corrected chi connectivity index (χ3v) is 4.73. The number of hydrogen-bond acceptors (Lipinski definition) is 4. The van der Waals surface area contributed by atoms with Crippen molar-refractivity contribution in [2.75, 3.05) is 13.2 Å². The summed E-state index contributed by atoms with van der Waals surface area (Å²) in [7, 11) is 0. The molecule has 0 amide bonds. The third-order valence-electron chi connectivity index (χ3n) is 2.91. The number of halogens is 2. The summed E-state index contributed by atoms with van der Waals surface area (Å²) in [4.78, 5) is 12.5. The van der Waals surface area contributed by atoms with Crippen molar-refractivity contribution in [3.8, 4) is 11.5 Å².